The van der Waals surface area contributed by atoms with Crippen molar-refractivity contribution in [3.63, 3.8) is 0 Å². The van der Waals surface area contributed by atoms with E-state index in [-0.39, 0.29) is 18.0 Å². The van der Waals surface area contributed by atoms with Crippen molar-refractivity contribution in [2.75, 3.05) is 18.6 Å². The summed E-state index contributed by atoms with van der Waals surface area (Å²) in [4.78, 5) is 88.2. The summed E-state index contributed by atoms with van der Waals surface area (Å²) < 4.78 is 6.48. The van der Waals surface area contributed by atoms with Crippen LogP contribution in [0.3, 0.4) is 0 Å². The van der Waals surface area contributed by atoms with E-state index in [2.05, 4.69) is 52.8 Å². The number of primary amides is 1. The molecule has 1 saturated heterocycles. The highest BCUT2D eigenvalue weighted by molar-refractivity contribution is 9.13. The lowest BCUT2D eigenvalue weighted by atomic mass is 10.00. The maximum atomic E-state index is 13.5. The number of thioether (sulfide) groups is 1. The molecule has 5 atom stereocenters. The number of carbonyl (C=O) groups excluding carboxylic acids is 5. The molecule has 0 spiro atoms. The molecule has 0 aliphatic carbocycles. The summed E-state index contributed by atoms with van der Waals surface area (Å²) in [5.74, 6) is -3.32. The molecule has 20 heteroatoms. The van der Waals surface area contributed by atoms with Gasteiger partial charge in [0.2, 0.25) is 23.6 Å². The average Bonchev–Trinajstić information content (AvgIpc) is 3.86. The standard InChI is InChI=1S/C29H41N5O4S.C10H17NO4.C5H3Br2NO2/c1-19(2)16-24(28(37)32-23(26(31)35)14-15-39-3)34-29(38)25(18-21-12-8-5-9-13-21)33-27(36)22(30)17-20-10-6-4-7-11-20;1-10(2,3)15-9(14)11-6-4-5-7(11)8(12)13;6-2-1-3(5(9)10)8-4(2)7/h4-13,19,22-25H,14-18,30H2,1-3H3,(H2,31,35)(H,32,37)(H,33,36)(H,34,38);7H,4-6H2,1-3H3,(H,12,13);1,8H,(H,9,10)/t22-,23-,24-,25+;7-;/m00./s1. The molecule has 0 saturated carbocycles. The summed E-state index contributed by atoms with van der Waals surface area (Å²) in [5, 5.41) is 25.6. The highest BCUT2D eigenvalue weighted by Gasteiger charge is 2.36. The SMILES string of the molecule is CC(C)(C)OC(=O)N1CCC[C@H]1C(=O)O.CSCC[C@H](NC(=O)[C@H](CC(C)C)NC(=O)[C@@H](Cc1ccccc1)NC(=O)[C@@H](N)Cc1ccccc1)C(N)=O.O=C(O)c1cc(Br)c(Br)[nH]1. The largest absolute Gasteiger partial charge is 0.480 e. The number of ether oxygens (including phenoxy) is 1. The molecular weight excluding hydrogens is 978 g/mol. The number of nitrogens with one attached hydrogen (secondary N) is 4. The summed E-state index contributed by atoms with van der Waals surface area (Å²) >= 11 is 7.80. The Labute approximate surface area is 395 Å². The Balaban J connectivity index is 0.000000453. The lowest BCUT2D eigenvalue weighted by molar-refractivity contribution is -0.142. The van der Waals surface area contributed by atoms with E-state index in [1.165, 1.54) is 22.7 Å². The number of amides is 5. The van der Waals surface area contributed by atoms with E-state index >= 15 is 0 Å². The van der Waals surface area contributed by atoms with Gasteiger partial charge in [-0.1, -0.05) is 74.5 Å². The van der Waals surface area contributed by atoms with Crippen LogP contribution in [0, 0.1) is 5.92 Å². The Morgan fingerprint density at radius 3 is 1.84 bits per heavy atom. The number of aromatic carboxylic acids is 1. The van der Waals surface area contributed by atoms with Crippen LogP contribution in [0.1, 0.15) is 81.9 Å². The van der Waals surface area contributed by atoms with Crippen LogP contribution < -0.4 is 27.4 Å². The number of benzene rings is 2. The Bertz CT molecular complexity index is 1980. The van der Waals surface area contributed by atoms with Crippen LogP contribution in [0.25, 0.3) is 0 Å². The zero-order chi connectivity index (χ0) is 48.1. The van der Waals surface area contributed by atoms with E-state index in [1.54, 1.807) is 20.8 Å². The number of hydrogen-bond donors (Lipinski definition) is 8. The molecule has 1 aliphatic heterocycles. The normalized spacial score (nSPS) is 15.2. The third kappa shape index (κ3) is 20.3. The van der Waals surface area contributed by atoms with E-state index in [9.17, 15) is 33.6 Å². The molecule has 3 aromatic rings. The zero-order valence-corrected chi connectivity index (χ0v) is 40.9. The number of carboxylic acid groups (broad SMARTS) is 2. The Kier molecular flexibility index (Phi) is 23.7. The molecule has 10 N–H and O–H groups in total. The summed E-state index contributed by atoms with van der Waals surface area (Å²) in [6, 6.07) is 15.9. The van der Waals surface area contributed by atoms with Crippen LogP contribution in [0.4, 0.5) is 4.79 Å². The first-order valence-corrected chi connectivity index (χ1v) is 23.5. The minimum Gasteiger partial charge on any atom is -0.480 e. The number of aromatic amines is 1. The maximum absolute atomic E-state index is 13.5. The number of H-pyrrole nitrogens is 1. The van der Waals surface area contributed by atoms with Crippen LogP contribution in [-0.2, 0) is 41.6 Å². The van der Waals surface area contributed by atoms with Gasteiger partial charge in [0, 0.05) is 13.0 Å². The number of carboxylic acids is 2. The number of aromatic nitrogens is 1. The summed E-state index contributed by atoms with van der Waals surface area (Å²) in [6.07, 6.45) is 3.84. The van der Waals surface area contributed by atoms with Crippen molar-refractivity contribution in [3.8, 4) is 0 Å². The molecule has 1 aliphatic rings. The van der Waals surface area contributed by atoms with Crippen LogP contribution in [0.5, 0.6) is 0 Å². The van der Waals surface area contributed by atoms with Crippen LogP contribution in [0.2, 0.25) is 0 Å². The second-order valence-corrected chi connectivity index (χ2v) is 18.9. The van der Waals surface area contributed by atoms with Crippen molar-refractivity contribution < 1.29 is 48.5 Å². The molecule has 17 nitrogen and oxygen atoms in total. The van der Waals surface area contributed by atoms with Crippen LogP contribution >= 0.6 is 43.6 Å². The van der Waals surface area contributed by atoms with Crippen molar-refractivity contribution in [1.29, 1.82) is 0 Å². The third-order valence-electron chi connectivity index (χ3n) is 9.28. The second kappa shape index (κ2) is 27.4. The molecule has 0 bridgehead atoms. The molecule has 5 amide bonds. The molecule has 0 radical (unpaired) electrons. The first kappa shape index (κ1) is 55.2. The lowest BCUT2D eigenvalue weighted by Crippen LogP contribution is -2.58. The van der Waals surface area contributed by atoms with Gasteiger partial charge in [-0.3, -0.25) is 24.1 Å². The van der Waals surface area contributed by atoms with Gasteiger partial charge in [-0.05, 0) is 120 Å². The predicted molar refractivity (Wildman–Crippen MR) is 252 cm³/mol. The number of halogens is 2. The van der Waals surface area contributed by atoms with Gasteiger partial charge in [-0.2, -0.15) is 11.8 Å². The van der Waals surface area contributed by atoms with E-state index in [1.807, 2.05) is 80.8 Å². The first-order valence-electron chi connectivity index (χ1n) is 20.5. The van der Waals surface area contributed by atoms with Crippen molar-refractivity contribution >= 4 is 85.3 Å². The summed E-state index contributed by atoms with van der Waals surface area (Å²) in [6.45, 7) is 9.60. The summed E-state index contributed by atoms with van der Waals surface area (Å²) in [5.41, 5.74) is 13.0. The van der Waals surface area contributed by atoms with Crippen molar-refractivity contribution in [2.24, 2.45) is 17.4 Å². The highest BCUT2D eigenvalue weighted by Crippen LogP contribution is 2.23. The number of nitrogens with two attached hydrogens (primary N) is 2. The maximum Gasteiger partial charge on any atom is 0.411 e. The van der Waals surface area contributed by atoms with Gasteiger partial charge in [-0.15, -0.1) is 0 Å². The minimum absolute atomic E-state index is 0.0701. The smallest absolute Gasteiger partial charge is 0.411 e. The van der Waals surface area contributed by atoms with E-state index in [0.29, 0.717) is 47.1 Å². The minimum atomic E-state index is -0.966. The molecule has 1 fully saturated rings. The van der Waals surface area contributed by atoms with Crippen molar-refractivity contribution in [2.45, 2.75) is 109 Å². The van der Waals surface area contributed by atoms with Crippen molar-refractivity contribution in [1.82, 2.24) is 25.8 Å². The number of nitrogens with zero attached hydrogens (tertiary/aromatic N) is 1. The van der Waals surface area contributed by atoms with E-state index in [4.69, 9.17) is 26.4 Å². The number of carbonyl (C=O) groups is 7. The Hall–Kier alpha value is -4.92. The molecular formula is C44H61Br2N7O10S. The monoisotopic (exact) mass is 1040 g/mol. The number of rotatable bonds is 18. The first-order chi connectivity index (χ1) is 30.0. The van der Waals surface area contributed by atoms with Gasteiger partial charge in [0.1, 0.15) is 35.5 Å². The third-order valence-corrected chi connectivity index (χ3v) is 11.7. The van der Waals surface area contributed by atoms with E-state index in [0.717, 1.165) is 17.5 Å². The van der Waals surface area contributed by atoms with Gasteiger partial charge in [0.15, 0.2) is 0 Å². The molecule has 2 aromatic carbocycles. The van der Waals surface area contributed by atoms with E-state index < -0.39 is 77.5 Å². The number of aliphatic carboxylic acids is 1. The molecule has 2 heterocycles. The van der Waals surface area contributed by atoms with Crippen molar-refractivity contribution in [3.05, 3.63) is 92.6 Å². The number of likely N-dealkylation sites (tertiary alicyclic amines) is 1. The van der Waals surface area contributed by atoms with Gasteiger partial charge >= 0.3 is 18.0 Å². The fourth-order valence-corrected chi connectivity index (χ4v) is 7.28. The zero-order valence-electron chi connectivity index (χ0n) is 36.9. The molecule has 1 aromatic heterocycles. The van der Waals surface area contributed by atoms with Gasteiger partial charge in [-0.25, -0.2) is 14.4 Å². The van der Waals surface area contributed by atoms with Gasteiger partial charge < -0.3 is 47.4 Å². The van der Waals surface area contributed by atoms with Gasteiger partial charge in [0.05, 0.1) is 15.1 Å². The molecule has 352 valence electrons. The fraction of sp³-hybridized carbons (Fsp3) is 0.477. The van der Waals surface area contributed by atoms with Crippen LogP contribution in [0.15, 0.2) is 75.8 Å². The van der Waals surface area contributed by atoms with Crippen LogP contribution in [-0.4, -0.2) is 116 Å². The topological polar surface area (TPSA) is 276 Å². The fourth-order valence-electron chi connectivity index (χ4n) is 6.15. The molecule has 4 rings (SSSR count). The molecule has 64 heavy (non-hydrogen) atoms. The lowest BCUT2D eigenvalue weighted by Gasteiger charge is -2.26. The predicted octanol–water partition coefficient (Wildman–Crippen LogP) is 5.25. The van der Waals surface area contributed by atoms with Gasteiger partial charge in [0.25, 0.3) is 0 Å². The summed E-state index contributed by atoms with van der Waals surface area (Å²) in [7, 11) is 0. The number of hydrogen-bond acceptors (Lipinski definition) is 10. The average molecular weight is 1040 g/mol. The Morgan fingerprint density at radius 2 is 1.39 bits per heavy atom. The quantitative estimate of drug-likeness (QED) is 0.0812. The highest BCUT2D eigenvalue weighted by atomic mass is 79.9. The Morgan fingerprint density at radius 1 is 0.859 bits per heavy atom. The molecule has 0 unspecified atom stereocenters. The second-order valence-electron chi connectivity index (χ2n) is 16.3.